The van der Waals surface area contributed by atoms with Gasteiger partial charge < -0.3 is 0 Å². The number of carbonyl (C=O) groups excluding carboxylic acids is 2. The molecule has 0 bridgehead atoms. The smallest absolute Gasteiger partial charge is 0.166 e. The Bertz CT molecular complexity index is 467. The molecule has 1 saturated carbocycles. The Labute approximate surface area is 120 Å². The maximum atomic E-state index is 12.7. The van der Waals surface area contributed by atoms with Gasteiger partial charge in [-0.15, -0.1) is 6.58 Å². The van der Waals surface area contributed by atoms with Gasteiger partial charge in [0.05, 0.1) is 0 Å². The van der Waals surface area contributed by atoms with Crippen molar-refractivity contribution in [1.82, 2.24) is 0 Å². The number of hydrogen-bond donors (Lipinski definition) is 0. The maximum absolute atomic E-state index is 12.7. The zero-order chi connectivity index (χ0) is 14.4. The van der Waals surface area contributed by atoms with E-state index >= 15 is 0 Å². The lowest BCUT2D eigenvalue weighted by atomic mass is 9.75. The van der Waals surface area contributed by atoms with E-state index in [1.54, 1.807) is 24.3 Å². The fraction of sp³-hybridized carbons (Fsp3) is 0.444. The highest BCUT2D eigenvalue weighted by Gasteiger charge is 2.29. The number of allylic oxidation sites excluding steroid dienone is 1. The normalized spacial score (nSPS) is 17.4. The SMILES string of the molecule is C=CCC(C(=O)c1ccc(C=O)cc1)C1CCCCC1. The second-order valence-electron chi connectivity index (χ2n) is 5.63. The number of Topliss-reactive ketones (excluding diaryl/α,β-unsaturated/α-hetero) is 1. The fourth-order valence-corrected chi connectivity index (χ4v) is 3.17. The van der Waals surface area contributed by atoms with Crippen LogP contribution in [0.2, 0.25) is 0 Å². The van der Waals surface area contributed by atoms with Crippen molar-refractivity contribution in [2.75, 3.05) is 0 Å². The van der Waals surface area contributed by atoms with E-state index in [1.165, 1.54) is 19.3 Å². The van der Waals surface area contributed by atoms with Crippen LogP contribution >= 0.6 is 0 Å². The van der Waals surface area contributed by atoms with Gasteiger partial charge in [0.2, 0.25) is 0 Å². The molecule has 2 heteroatoms. The van der Waals surface area contributed by atoms with Crippen LogP contribution in [0.3, 0.4) is 0 Å². The number of ketones is 1. The first kappa shape index (κ1) is 14.7. The van der Waals surface area contributed by atoms with Gasteiger partial charge in [0.1, 0.15) is 6.29 Å². The second-order valence-corrected chi connectivity index (χ2v) is 5.63. The summed E-state index contributed by atoms with van der Waals surface area (Å²) >= 11 is 0. The third-order valence-electron chi connectivity index (χ3n) is 4.31. The summed E-state index contributed by atoms with van der Waals surface area (Å²) in [6, 6.07) is 6.97. The number of benzene rings is 1. The average Bonchev–Trinajstić information content (AvgIpc) is 2.53. The molecular weight excluding hydrogens is 248 g/mol. The van der Waals surface area contributed by atoms with Crippen LogP contribution in [-0.2, 0) is 0 Å². The highest BCUT2D eigenvalue weighted by Crippen LogP contribution is 2.34. The second kappa shape index (κ2) is 7.18. The monoisotopic (exact) mass is 270 g/mol. The van der Waals surface area contributed by atoms with Crippen molar-refractivity contribution < 1.29 is 9.59 Å². The zero-order valence-corrected chi connectivity index (χ0v) is 11.9. The van der Waals surface area contributed by atoms with Gasteiger partial charge in [-0.1, -0.05) is 49.6 Å². The van der Waals surface area contributed by atoms with E-state index in [0.717, 1.165) is 25.5 Å². The van der Waals surface area contributed by atoms with Crippen LogP contribution in [0.25, 0.3) is 0 Å². The van der Waals surface area contributed by atoms with Gasteiger partial charge in [-0.05, 0) is 25.2 Å². The molecule has 1 fully saturated rings. The zero-order valence-electron chi connectivity index (χ0n) is 11.9. The topological polar surface area (TPSA) is 34.1 Å². The molecule has 0 aliphatic heterocycles. The lowest BCUT2D eigenvalue weighted by Crippen LogP contribution is -2.25. The molecule has 0 N–H and O–H groups in total. The van der Waals surface area contributed by atoms with Crippen LogP contribution in [0.4, 0.5) is 0 Å². The Kier molecular flexibility index (Phi) is 5.28. The van der Waals surface area contributed by atoms with Gasteiger partial charge in [0.15, 0.2) is 5.78 Å². The van der Waals surface area contributed by atoms with Gasteiger partial charge in [-0.25, -0.2) is 0 Å². The Morgan fingerprint density at radius 1 is 1.20 bits per heavy atom. The summed E-state index contributed by atoms with van der Waals surface area (Å²) in [4.78, 5) is 23.4. The molecule has 2 rings (SSSR count). The molecule has 0 radical (unpaired) electrons. The molecule has 1 aromatic rings. The molecule has 0 aromatic heterocycles. The summed E-state index contributed by atoms with van der Waals surface area (Å²) in [5, 5.41) is 0. The maximum Gasteiger partial charge on any atom is 0.166 e. The van der Waals surface area contributed by atoms with E-state index in [0.29, 0.717) is 17.0 Å². The molecule has 0 heterocycles. The number of rotatable bonds is 6. The number of carbonyl (C=O) groups is 2. The van der Waals surface area contributed by atoms with Crippen LogP contribution in [-0.4, -0.2) is 12.1 Å². The summed E-state index contributed by atoms with van der Waals surface area (Å²) in [7, 11) is 0. The van der Waals surface area contributed by atoms with Gasteiger partial charge >= 0.3 is 0 Å². The largest absolute Gasteiger partial charge is 0.298 e. The van der Waals surface area contributed by atoms with Gasteiger partial charge in [-0.2, -0.15) is 0 Å². The third kappa shape index (κ3) is 3.44. The van der Waals surface area contributed by atoms with E-state index in [2.05, 4.69) is 6.58 Å². The standard InChI is InChI=1S/C18H22O2/c1-2-6-17(15-7-4-3-5-8-15)18(20)16-11-9-14(13-19)10-12-16/h2,9-13,15,17H,1,3-8H2. The lowest BCUT2D eigenvalue weighted by Gasteiger charge is -2.28. The molecule has 106 valence electrons. The van der Waals surface area contributed by atoms with Crippen LogP contribution in [0.1, 0.15) is 59.2 Å². The molecule has 1 aliphatic rings. The minimum Gasteiger partial charge on any atom is -0.298 e. The van der Waals surface area contributed by atoms with Crippen LogP contribution < -0.4 is 0 Å². The highest BCUT2D eigenvalue weighted by molar-refractivity contribution is 5.98. The summed E-state index contributed by atoms with van der Waals surface area (Å²) in [5.74, 6) is 0.740. The van der Waals surface area contributed by atoms with Crippen molar-refractivity contribution in [1.29, 1.82) is 0 Å². The van der Waals surface area contributed by atoms with Gasteiger partial charge in [-0.3, -0.25) is 9.59 Å². The minimum absolute atomic E-state index is 0.0508. The first-order valence-corrected chi connectivity index (χ1v) is 7.46. The number of aldehydes is 1. The molecule has 2 nitrogen and oxygen atoms in total. The number of hydrogen-bond acceptors (Lipinski definition) is 2. The van der Waals surface area contributed by atoms with Crippen LogP contribution in [0, 0.1) is 11.8 Å². The molecule has 1 atom stereocenters. The third-order valence-corrected chi connectivity index (χ3v) is 4.31. The van der Waals surface area contributed by atoms with Crippen LogP contribution in [0.15, 0.2) is 36.9 Å². The summed E-state index contributed by atoms with van der Waals surface area (Å²) < 4.78 is 0. The molecule has 1 aliphatic carbocycles. The van der Waals surface area contributed by atoms with Crippen molar-refractivity contribution in [2.45, 2.75) is 38.5 Å². The van der Waals surface area contributed by atoms with Crippen molar-refractivity contribution >= 4 is 12.1 Å². The van der Waals surface area contributed by atoms with Crippen molar-refractivity contribution in [2.24, 2.45) is 11.8 Å². The van der Waals surface area contributed by atoms with Gasteiger partial charge in [0, 0.05) is 17.0 Å². The van der Waals surface area contributed by atoms with E-state index in [1.807, 2.05) is 6.08 Å². The van der Waals surface area contributed by atoms with Crippen molar-refractivity contribution in [3.05, 3.63) is 48.0 Å². The lowest BCUT2D eigenvalue weighted by molar-refractivity contribution is 0.0847. The summed E-state index contributed by atoms with van der Waals surface area (Å²) in [6.45, 7) is 3.80. The quantitative estimate of drug-likeness (QED) is 0.434. The van der Waals surface area contributed by atoms with Gasteiger partial charge in [0.25, 0.3) is 0 Å². The molecular formula is C18H22O2. The first-order chi connectivity index (χ1) is 9.76. The molecule has 1 aromatic carbocycles. The molecule has 0 saturated heterocycles. The minimum atomic E-state index is 0.0508. The predicted molar refractivity (Wildman–Crippen MR) is 81.0 cm³/mol. The Hall–Kier alpha value is -1.70. The van der Waals surface area contributed by atoms with E-state index in [4.69, 9.17) is 0 Å². The Balaban J connectivity index is 2.16. The van der Waals surface area contributed by atoms with Crippen molar-refractivity contribution in [3.63, 3.8) is 0 Å². The highest BCUT2D eigenvalue weighted by atomic mass is 16.1. The fourth-order valence-electron chi connectivity index (χ4n) is 3.17. The Morgan fingerprint density at radius 2 is 1.85 bits per heavy atom. The molecule has 0 amide bonds. The van der Waals surface area contributed by atoms with Crippen LogP contribution in [0.5, 0.6) is 0 Å². The van der Waals surface area contributed by atoms with E-state index < -0.39 is 0 Å². The predicted octanol–water partition coefficient (Wildman–Crippen LogP) is 4.45. The molecule has 20 heavy (non-hydrogen) atoms. The van der Waals surface area contributed by atoms with Crippen molar-refractivity contribution in [3.8, 4) is 0 Å². The van der Waals surface area contributed by atoms with E-state index in [9.17, 15) is 9.59 Å². The summed E-state index contributed by atoms with van der Waals surface area (Å²) in [5.41, 5.74) is 1.33. The summed E-state index contributed by atoms with van der Waals surface area (Å²) in [6.07, 6.45) is 9.46. The first-order valence-electron chi connectivity index (χ1n) is 7.46. The Morgan fingerprint density at radius 3 is 2.40 bits per heavy atom. The molecule has 0 spiro atoms. The average molecular weight is 270 g/mol. The molecule has 1 unspecified atom stereocenters. The van der Waals surface area contributed by atoms with E-state index in [-0.39, 0.29) is 11.7 Å².